The van der Waals surface area contributed by atoms with E-state index in [1.165, 1.54) is 19.2 Å². The lowest BCUT2D eigenvalue weighted by molar-refractivity contribution is -0.148. The summed E-state index contributed by atoms with van der Waals surface area (Å²) in [7, 11) is 1.26. The van der Waals surface area contributed by atoms with E-state index >= 15 is 0 Å². The molecule has 11 heteroatoms. The number of hydrogen-bond acceptors (Lipinski definition) is 11. The van der Waals surface area contributed by atoms with Crippen molar-refractivity contribution in [3.8, 4) is 11.5 Å². The van der Waals surface area contributed by atoms with Crippen LogP contribution in [0.3, 0.4) is 0 Å². The van der Waals surface area contributed by atoms with E-state index in [4.69, 9.17) is 28.4 Å². The van der Waals surface area contributed by atoms with Crippen molar-refractivity contribution in [3.05, 3.63) is 23.8 Å². The fraction of sp³-hybridized carbons (Fsp3) is 0.655. The van der Waals surface area contributed by atoms with Crippen LogP contribution in [0.25, 0.3) is 0 Å². The van der Waals surface area contributed by atoms with Gasteiger partial charge in [0.25, 0.3) is 0 Å². The number of hydrogen-bond donors (Lipinski definition) is 1. The Hall–Kier alpha value is -3.34. The Morgan fingerprint density at radius 2 is 1.38 bits per heavy atom. The third-order valence-corrected chi connectivity index (χ3v) is 5.32. The van der Waals surface area contributed by atoms with Gasteiger partial charge in [-0.05, 0) is 41.4 Å². The summed E-state index contributed by atoms with van der Waals surface area (Å²) in [6, 6.07) is 3.71. The van der Waals surface area contributed by atoms with E-state index in [-0.39, 0.29) is 67.0 Å². The topological polar surface area (TPSA) is 136 Å². The van der Waals surface area contributed by atoms with E-state index in [9.17, 15) is 19.2 Å². The standard InChI is InChI=1S/C29H45NO10/c1-10-19(2)24(31)36-14-13-30-21(25(32)35-9)15-20-11-12-22(39-26(33)37-17-28(3,4)5)23(16-20)40-27(34)38-18-29(6,7)8/h11-12,16,19,21,30H,10,13-15,17-18H2,1-9H3/t19?,21-/m0/s1. The van der Waals surface area contributed by atoms with E-state index in [0.29, 0.717) is 12.0 Å². The largest absolute Gasteiger partial charge is 0.513 e. The second kappa shape index (κ2) is 16.1. The highest BCUT2D eigenvalue weighted by Crippen LogP contribution is 2.30. The maximum atomic E-state index is 12.4. The lowest BCUT2D eigenvalue weighted by atomic mass is 9.99. The number of rotatable bonds is 13. The summed E-state index contributed by atoms with van der Waals surface area (Å²) < 4.78 is 31.1. The van der Waals surface area contributed by atoms with Gasteiger partial charge in [0.1, 0.15) is 12.6 Å². The molecule has 1 aromatic rings. The van der Waals surface area contributed by atoms with Crippen LogP contribution in [0, 0.1) is 16.7 Å². The molecule has 40 heavy (non-hydrogen) atoms. The minimum atomic E-state index is -0.981. The number of carbonyl (C=O) groups is 4. The summed E-state index contributed by atoms with van der Waals surface area (Å²) in [6.45, 7) is 15.6. The summed E-state index contributed by atoms with van der Waals surface area (Å²) in [5.41, 5.74) is -0.00528. The molecule has 1 N–H and O–H groups in total. The van der Waals surface area contributed by atoms with Crippen LogP contribution in [0.5, 0.6) is 11.5 Å². The summed E-state index contributed by atoms with van der Waals surface area (Å²) in [5, 5.41) is 3.02. The van der Waals surface area contributed by atoms with Crippen molar-refractivity contribution in [1.82, 2.24) is 5.32 Å². The lowest BCUT2D eigenvalue weighted by Crippen LogP contribution is -2.41. The van der Waals surface area contributed by atoms with Crippen molar-refractivity contribution in [2.45, 2.75) is 74.3 Å². The van der Waals surface area contributed by atoms with Crippen LogP contribution in [0.2, 0.25) is 0 Å². The van der Waals surface area contributed by atoms with Crippen LogP contribution in [0.4, 0.5) is 9.59 Å². The maximum absolute atomic E-state index is 12.4. The molecule has 0 fully saturated rings. The van der Waals surface area contributed by atoms with Crippen molar-refractivity contribution in [2.75, 3.05) is 33.5 Å². The number of nitrogens with one attached hydrogen (secondary N) is 1. The van der Waals surface area contributed by atoms with Crippen molar-refractivity contribution >= 4 is 24.2 Å². The van der Waals surface area contributed by atoms with Gasteiger partial charge in [-0.25, -0.2) is 9.59 Å². The fourth-order valence-corrected chi connectivity index (χ4v) is 2.94. The van der Waals surface area contributed by atoms with Crippen LogP contribution in [-0.4, -0.2) is 63.8 Å². The Morgan fingerprint density at radius 1 is 0.825 bits per heavy atom. The monoisotopic (exact) mass is 567 g/mol. The normalized spacial score (nSPS) is 13.0. The molecular formula is C29H45NO10. The fourth-order valence-electron chi connectivity index (χ4n) is 2.94. The molecule has 0 bridgehead atoms. The quantitative estimate of drug-likeness (QED) is 0.148. The minimum absolute atomic E-state index is 0.0603. The lowest BCUT2D eigenvalue weighted by Gasteiger charge is -2.20. The molecule has 0 spiro atoms. The van der Waals surface area contributed by atoms with Crippen LogP contribution in [0.1, 0.15) is 67.4 Å². The molecule has 0 radical (unpaired) electrons. The van der Waals surface area contributed by atoms with Gasteiger partial charge in [0.05, 0.1) is 26.2 Å². The number of methoxy groups -OCH3 is 1. The first-order valence-electron chi connectivity index (χ1n) is 13.3. The van der Waals surface area contributed by atoms with E-state index in [1.54, 1.807) is 13.0 Å². The van der Waals surface area contributed by atoms with E-state index in [1.807, 2.05) is 48.5 Å². The molecule has 0 aromatic heterocycles. The second-order valence-electron chi connectivity index (χ2n) is 11.9. The first-order chi connectivity index (χ1) is 18.5. The number of benzene rings is 1. The smallest absolute Gasteiger partial charge is 0.468 e. The zero-order chi connectivity index (χ0) is 30.5. The van der Waals surface area contributed by atoms with Crippen molar-refractivity contribution in [1.29, 1.82) is 0 Å². The van der Waals surface area contributed by atoms with Gasteiger partial charge in [0.15, 0.2) is 11.5 Å². The van der Waals surface area contributed by atoms with Crippen LogP contribution in [-0.2, 0) is 35.0 Å². The molecule has 0 saturated carbocycles. The van der Waals surface area contributed by atoms with Crippen molar-refractivity contribution in [2.24, 2.45) is 16.7 Å². The van der Waals surface area contributed by atoms with Gasteiger partial charge in [-0.3, -0.25) is 9.59 Å². The molecule has 226 valence electrons. The molecular weight excluding hydrogens is 522 g/mol. The van der Waals surface area contributed by atoms with Gasteiger partial charge < -0.3 is 33.7 Å². The van der Waals surface area contributed by atoms with Crippen LogP contribution in [0.15, 0.2) is 18.2 Å². The molecule has 1 unspecified atom stereocenters. The molecule has 1 rings (SSSR count). The maximum Gasteiger partial charge on any atom is 0.513 e. The Balaban J connectivity index is 3.05. The van der Waals surface area contributed by atoms with E-state index in [0.717, 1.165) is 0 Å². The Bertz CT molecular complexity index is 994. The highest BCUT2D eigenvalue weighted by atomic mass is 16.7. The second-order valence-corrected chi connectivity index (χ2v) is 11.9. The summed E-state index contributed by atoms with van der Waals surface area (Å²) in [4.78, 5) is 49.0. The number of carbonyl (C=O) groups excluding carboxylic acids is 4. The molecule has 11 nitrogen and oxygen atoms in total. The van der Waals surface area contributed by atoms with Gasteiger partial charge in [0, 0.05) is 6.54 Å². The average molecular weight is 568 g/mol. The van der Waals surface area contributed by atoms with Crippen LogP contribution >= 0.6 is 0 Å². The average Bonchev–Trinajstić information content (AvgIpc) is 2.87. The van der Waals surface area contributed by atoms with E-state index in [2.05, 4.69) is 5.32 Å². The van der Waals surface area contributed by atoms with E-state index < -0.39 is 24.3 Å². The van der Waals surface area contributed by atoms with Gasteiger partial charge >= 0.3 is 24.2 Å². The molecule has 0 aliphatic rings. The first kappa shape index (κ1) is 34.7. The molecule has 0 amide bonds. The third-order valence-electron chi connectivity index (χ3n) is 5.32. The molecule has 0 aliphatic heterocycles. The first-order valence-corrected chi connectivity index (χ1v) is 13.3. The molecule has 0 aliphatic carbocycles. The van der Waals surface area contributed by atoms with Crippen molar-refractivity contribution in [3.63, 3.8) is 0 Å². The minimum Gasteiger partial charge on any atom is -0.468 e. The highest BCUT2D eigenvalue weighted by Gasteiger charge is 2.24. The number of esters is 2. The molecule has 0 saturated heterocycles. The van der Waals surface area contributed by atoms with Gasteiger partial charge in [-0.1, -0.05) is 61.5 Å². The SMILES string of the molecule is CCC(C)C(=O)OCCN[C@@H](Cc1ccc(OC(=O)OCC(C)(C)C)c(OC(=O)OCC(C)(C)C)c1)C(=O)OC. The third kappa shape index (κ3) is 14.2. The van der Waals surface area contributed by atoms with Gasteiger partial charge in [0.2, 0.25) is 0 Å². The predicted molar refractivity (Wildman–Crippen MR) is 147 cm³/mol. The Morgan fingerprint density at radius 3 is 1.88 bits per heavy atom. The molecule has 1 aromatic carbocycles. The number of ether oxygens (including phenoxy) is 6. The van der Waals surface area contributed by atoms with Crippen molar-refractivity contribution < 1.29 is 47.6 Å². The predicted octanol–water partition coefficient (Wildman–Crippen LogP) is 5.07. The zero-order valence-corrected chi connectivity index (χ0v) is 25.2. The summed E-state index contributed by atoms with van der Waals surface area (Å²) in [5.74, 6) is -1.21. The Kier molecular flexibility index (Phi) is 13.9. The zero-order valence-electron chi connectivity index (χ0n) is 25.2. The highest BCUT2D eigenvalue weighted by molar-refractivity contribution is 5.76. The van der Waals surface area contributed by atoms with Gasteiger partial charge in [-0.15, -0.1) is 0 Å². The van der Waals surface area contributed by atoms with Crippen LogP contribution < -0.4 is 14.8 Å². The summed E-state index contributed by atoms with van der Waals surface area (Å²) >= 11 is 0. The van der Waals surface area contributed by atoms with Gasteiger partial charge in [-0.2, -0.15) is 0 Å². The molecule has 2 atom stereocenters. The summed E-state index contributed by atoms with van der Waals surface area (Å²) in [6.07, 6.45) is -1.14. The Labute approximate surface area is 237 Å². The molecule has 0 heterocycles.